The van der Waals surface area contributed by atoms with Gasteiger partial charge in [0.25, 0.3) is 0 Å². The molecule has 1 heterocycles. The number of piperidine rings is 1. The van der Waals surface area contributed by atoms with E-state index in [0.717, 1.165) is 5.92 Å². The fourth-order valence-corrected chi connectivity index (χ4v) is 3.13. The number of unbranched alkanes of at least 4 members (excludes halogenated alkanes) is 7. The van der Waals surface area contributed by atoms with Crippen molar-refractivity contribution in [2.24, 2.45) is 5.92 Å². The quantitative estimate of drug-likeness (QED) is 0.520. The molecule has 0 spiro atoms. The Morgan fingerprint density at radius 1 is 1.05 bits per heavy atom. The standard InChI is InChI=1S/C16H33N.CH4O3S/c1-3-4-5-6-7-8-9-10-13-17-14-11-12-16(2)15-17;1-5(2,3)4/h16H,3-15H2,1-2H3;1H3,(H,2,3,4). The van der Waals surface area contributed by atoms with Crippen LogP contribution in [0.2, 0.25) is 0 Å². The summed E-state index contributed by atoms with van der Waals surface area (Å²) in [5.74, 6) is 0.979. The summed E-state index contributed by atoms with van der Waals surface area (Å²) in [6, 6.07) is 0. The summed E-state index contributed by atoms with van der Waals surface area (Å²) >= 11 is 0. The van der Waals surface area contributed by atoms with Crippen LogP contribution >= 0.6 is 0 Å². The van der Waals surface area contributed by atoms with E-state index in [1.165, 1.54) is 83.8 Å². The van der Waals surface area contributed by atoms with Crippen LogP contribution in [0.15, 0.2) is 0 Å². The van der Waals surface area contributed by atoms with Gasteiger partial charge >= 0.3 is 0 Å². The van der Waals surface area contributed by atoms with Gasteiger partial charge in [0.2, 0.25) is 0 Å². The topological polar surface area (TPSA) is 61.6 Å². The Kier molecular flexibility index (Phi) is 13.2. The molecule has 0 amide bonds. The predicted molar refractivity (Wildman–Crippen MR) is 92.2 cm³/mol. The Morgan fingerprint density at radius 3 is 2.05 bits per heavy atom. The van der Waals surface area contributed by atoms with Gasteiger partial charge in [-0.05, 0) is 25.7 Å². The zero-order valence-electron chi connectivity index (χ0n) is 14.9. The average Bonchev–Trinajstić information content (AvgIpc) is 2.40. The highest BCUT2D eigenvalue weighted by Crippen LogP contribution is 2.08. The van der Waals surface area contributed by atoms with Crippen LogP contribution in [-0.2, 0) is 10.1 Å². The van der Waals surface area contributed by atoms with Crippen molar-refractivity contribution in [3.05, 3.63) is 0 Å². The molecule has 134 valence electrons. The second-order valence-electron chi connectivity index (χ2n) is 6.88. The Bertz CT molecular complexity index is 336. The molecule has 1 fully saturated rings. The Labute approximate surface area is 138 Å². The Morgan fingerprint density at radius 2 is 1.55 bits per heavy atom. The minimum Gasteiger partial charge on any atom is -0.748 e. The van der Waals surface area contributed by atoms with Crippen molar-refractivity contribution in [2.45, 2.75) is 78.1 Å². The molecule has 5 heteroatoms. The van der Waals surface area contributed by atoms with E-state index < -0.39 is 10.1 Å². The van der Waals surface area contributed by atoms with Crippen LogP contribution in [-0.4, -0.2) is 38.9 Å². The van der Waals surface area contributed by atoms with Crippen LogP contribution in [0.4, 0.5) is 0 Å². The molecule has 1 saturated heterocycles. The average molecular weight is 336 g/mol. The fraction of sp³-hybridized carbons (Fsp3) is 1.00. The van der Waals surface area contributed by atoms with E-state index in [1.54, 1.807) is 0 Å². The van der Waals surface area contributed by atoms with E-state index >= 15 is 0 Å². The van der Waals surface area contributed by atoms with Crippen LogP contribution in [0.3, 0.4) is 0 Å². The van der Waals surface area contributed by atoms with Gasteiger partial charge in [-0.1, -0.05) is 52.4 Å². The molecule has 1 rings (SSSR count). The first-order valence-corrected chi connectivity index (χ1v) is 10.9. The van der Waals surface area contributed by atoms with Gasteiger partial charge in [-0.25, -0.2) is 8.42 Å². The minimum absolute atomic E-state index is 0.604. The minimum atomic E-state index is -3.92. The highest BCUT2D eigenvalue weighted by molar-refractivity contribution is 7.84. The molecule has 0 aromatic carbocycles. The molecule has 2 unspecified atom stereocenters. The first kappa shape index (κ1) is 21.9. The smallest absolute Gasteiger partial charge is 0.0916 e. The number of rotatable bonds is 9. The van der Waals surface area contributed by atoms with Crippen LogP contribution in [0, 0.1) is 5.92 Å². The second-order valence-corrected chi connectivity index (χ2v) is 8.29. The third-order valence-corrected chi connectivity index (χ3v) is 4.25. The first-order chi connectivity index (χ1) is 10.3. The first-order valence-electron chi connectivity index (χ1n) is 9.07. The van der Waals surface area contributed by atoms with Gasteiger partial charge in [-0.2, -0.15) is 0 Å². The molecule has 0 aromatic heterocycles. The summed E-state index contributed by atoms with van der Waals surface area (Å²) < 4.78 is 27.2. The second kappa shape index (κ2) is 13.3. The number of quaternary nitrogens is 1. The third kappa shape index (κ3) is 17.9. The SMILES string of the molecule is CCCCCCCCCC[NH+]1CCCC(C)C1.CS(=O)(=O)[O-]. The van der Waals surface area contributed by atoms with E-state index in [9.17, 15) is 0 Å². The number of nitrogens with one attached hydrogen (secondary N) is 1. The van der Waals surface area contributed by atoms with Gasteiger partial charge in [0.1, 0.15) is 0 Å². The van der Waals surface area contributed by atoms with E-state index in [4.69, 9.17) is 13.0 Å². The van der Waals surface area contributed by atoms with E-state index in [2.05, 4.69) is 13.8 Å². The van der Waals surface area contributed by atoms with Gasteiger partial charge < -0.3 is 9.45 Å². The maximum Gasteiger partial charge on any atom is 0.0916 e. The largest absolute Gasteiger partial charge is 0.748 e. The number of hydrogen-bond donors (Lipinski definition) is 1. The molecule has 1 N–H and O–H groups in total. The third-order valence-electron chi connectivity index (χ3n) is 4.25. The van der Waals surface area contributed by atoms with Crippen LogP contribution in [0.1, 0.15) is 78.1 Å². The van der Waals surface area contributed by atoms with Crippen molar-refractivity contribution in [1.82, 2.24) is 0 Å². The molecule has 0 radical (unpaired) electrons. The molecule has 0 aliphatic carbocycles. The summed E-state index contributed by atoms with van der Waals surface area (Å²) in [5.41, 5.74) is 0. The fourth-order valence-electron chi connectivity index (χ4n) is 3.13. The molecule has 1 aliphatic rings. The van der Waals surface area contributed by atoms with Crippen LogP contribution in [0.25, 0.3) is 0 Å². The molecular formula is C17H37NO3S. The number of likely N-dealkylation sites (tertiary alicyclic amines) is 1. The zero-order valence-corrected chi connectivity index (χ0v) is 15.7. The monoisotopic (exact) mass is 335 g/mol. The van der Waals surface area contributed by atoms with Gasteiger partial charge in [-0.3, -0.25) is 0 Å². The molecule has 0 saturated carbocycles. The summed E-state index contributed by atoms with van der Waals surface area (Å²) in [5, 5.41) is 0. The summed E-state index contributed by atoms with van der Waals surface area (Å²) in [6.07, 6.45) is 15.2. The van der Waals surface area contributed by atoms with E-state index in [0.29, 0.717) is 6.26 Å². The number of hydrogen-bond acceptors (Lipinski definition) is 3. The van der Waals surface area contributed by atoms with Gasteiger partial charge in [0.15, 0.2) is 0 Å². The van der Waals surface area contributed by atoms with E-state index in [-0.39, 0.29) is 0 Å². The van der Waals surface area contributed by atoms with Crippen molar-refractivity contribution in [3.63, 3.8) is 0 Å². The lowest BCUT2D eigenvalue weighted by atomic mass is 10.00. The lowest BCUT2D eigenvalue weighted by Gasteiger charge is -2.27. The molecule has 1 aliphatic heterocycles. The van der Waals surface area contributed by atoms with Gasteiger partial charge in [-0.15, -0.1) is 0 Å². The normalized spacial score (nSPS) is 22.0. The van der Waals surface area contributed by atoms with Crippen molar-refractivity contribution >= 4 is 10.1 Å². The molecule has 22 heavy (non-hydrogen) atoms. The van der Waals surface area contributed by atoms with Crippen LogP contribution < -0.4 is 4.90 Å². The Balaban J connectivity index is 0.000000763. The van der Waals surface area contributed by atoms with Gasteiger partial charge in [0, 0.05) is 12.2 Å². The maximum atomic E-state index is 9.08. The van der Waals surface area contributed by atoms with Crippen LogP contribution in [0.5, 0.6) is 0 Å². The summed E-state index contributed by atoms with van der Waals surface area (Å²) in [6.45, 7) is 9.05. The lowest BCUT2D eigenvalue weighted by Crippen LogP contribution is -3.13. The zero-order chi connectivity index (χ0) is 16.8. The van der Waals surface area contributed by atoms with Crippen molar-refractivity contribution in [1.29, 1.82) is 0 Å². The van der Waals surface area contributed by atoms with Crippen molar-refractivity contribution in [2.75, 3.05) is 25.9 Å². The Hall–Kier alpha value is -0.130. The van der Waals surface area contributed by atoms with Gasteiger partial charge in [0.05, 0.1) is 29.8 Å². The lowest BCUT2D eigenvalue weighted by molar-refractivity contribution is -0.908. The highest BCUT2D eigenvalue weighted by Gasteiger charge is 2.18. The molecule has 2 atom stereocenters. The molecule has 0 aromatic rings. The summed E-state index contributed by atoms with van der Waals surface area (Å²) in [4.78, 5) is 1.88. The van der Waals surface area contributed by atoms with E-state index in [1.807, 2.05) is 4.90 Å². The molecule has 4 nitrogen and oxygen atoms in total. The molecule has 0 bridgehead atoms. The maximum absolute atomic E-state index is 9.08. The van der Waals surface area contributed by atoms with Crippen molar-refractivity contribution in [3.8, 4) is 0 Å². The highest BCUT2D eigenvalue weighted by atomic mass is 32.2. The molecular weight excluding hydrogens is 298 g/mol. The van der Waals surface area contributed by atoms with Crippen molar-refractivity contribution < 1.29 is 17.9 Å². The summed E-state index contributed by atoms with van der Waals surface area (Å²) in [7, 11) is -3.92. The predicted octanol–water partition coefficient (Wildman–Crippen LogP) is 2.60.